The van der Waals surface area contributed by atoms with Gasteiger partial charge in [0.2, 0.25) is 0 Å². The van der Waals surface area contributed by atoms with Gasteiger partial charge in [0.1, 0.15) is 0 Å². The van der Waals surface area contributed by atoms with E-state index in [-0.39, 0.29) is 6.54 Å². The fourth-order valence-electron chi connectivity index (χ4n) is 0.657. The maximum absolute atomic E-state index is 11.5. The number of halogens is 3. The van der Waals surface area contributed by atoms with Gasteiger partial charge < -0.3 is 5.32 Å². The molecule has 0 radical (unpaired) electrons. The topological polar surface area (TPSA) is 12.0 Å². The minimum atomic E-state index is -4.01. The van der Waals surface area contributed by atoms with Crippen molar-refractivity contribution in [1.82, 2.24) is 5.32 Å². The summed E-state index contributed by atoms with van der Waals surface area (Å²) in [7, 11) is 0. The minimum absolute atomic E-state index is 0.0451. The molecule has 0 aliphatic carbocycles. The van der Waals surface area contributed by atoms with Crippen LogP contribution >= 0.6 is 0 Å². The van der Waals surface area contributed by atoms with Crippen molar-refractivity contribution in [3.05, 3.63) is 0 Å². The van der Waals surface area contributed by atoms with E-state index in [0.717, 1.165) is 12.8 Å². The first-order valence-corrected chi connectivity index (χ1v) is 3.83. The zero-order valence-electron chi connectivity index (χ0n) is 6.67. The van der Waals surface area contributed by atoms with Gasteiger partial charge in [0, 0.05) is 6.54 Å². The molecule has 0 saturated carbocycles. The average Bonchev–Trinajstić information content (AvgIpc) is 1.85. The van der Waals surface area contributed by atoms with Crippen molar-refractivity contribution in [3.8, 4) is 0 Å². The molecule has 0 aromatic rings. The summed E-state index contributed by atoms with van der Waals surface area (Å²) < 4.78 is 34.6. The summed E-state index contributed by atoms with van der Waals surface area (Å²) in [4.78, 5) is 0. The normalized spacial score (nSPS) is 12.0. The summed E-state index contributed by atoms with van der Waals surface area (Å²) in [5.41, 5.74) is 0. The van der Waals surface area contributed by atoms with E-state index < -0.39 is 12.6 Å². The van der Waals surface area contributed by atoms with Crippen molar-refractivity contribution >= 4 is 0 Å². The Balaban J connectivity index is 3.02. The Labute approximate surface area is 65.0 Å². The number of hydrogen-bond acceptors (Lipinski definition) is 1. The van der Waals surface area contributed by atoms with E-state index in [1.807, 2.05) is 6.92 Å². The second kappa shape index (κ2) is 5.41. The number of unbranched alkanes of at least 4 members (excludes halogenated alkanes) is 1. The summed E-state index contributed by atoms with van der Waals surface area (Å²) in [5.74, 6) is 0. The summed E-state index contributed by atoms with van der Waals surface area (Å²) in [5, 5.41) is 2.72. The van der Waals surface area contributed by atoms with Crippen LogP contribution in [0.4, 0.5) is 13.2 Å². The number of hydrogen-bond donors (Lipinski definition) is 1. The molecular formula is C7H14F3N. The van der Waals surface area contributed by atoms with Crippen LogP contribution in [-0.4, -0.2) is 19.3 Å². The van der Waals surface area contributed by atoms with Gasteiger partial charge in [-0.3, -0.25) is 0 Å². The highest BCUT2D eigenvalue weighted by molar-refractivity contribution is 4.53. The number of rotatable bonds is 5. The maximum atomic E-state index is 11.5. The highest BCUT2D eigenvalue weighted by atomic mass is 19.4. The van der Waals surface area contributed by atoms with E-state index in [1.165, 1.54) is 0 Å². The molecule has 0 bridgehead atoms. The molecule has 1 nitrogen and oxygen atoms in total. The molecule has 0 aromatic carbocycles. The lowest BCUT2D eigenvalue weighted by atomic mass is 10.3. The van der Waals surface area contributed by atoms with Crippen LogP contribution in [0.2, 0.25) is 0 Å². The molecule has 0 spiro atoms. The van der Waals surface area contributed by atoms with Gasteiger partial charge in [-0.15, -0.1) is 0 Å². The predicted molar refractivity (Wildman–Crippen MR) is 38.4 cm³/mol. The van der Waals surface area contributed by atoms with Crippen LogP contribution in [0.3, 0.4) is 0 Å². The Kier molecular flexibility index (Phi) is 5.28. The highest BCUT2D eigenvalue weighted by Gasteiger charge is 2.25. The van der Waals surface area contributed by atoms with E-state index >= 15 is 0 Å². The van der Waals surface area contributed by atoms with Gasteiger partial charge in [-0.1, -0.05) is 13.3 Å². The summed E-state index contributed by atoms with van der Waals surface area (Å²) in [6.45, 7) is 2.74. The molecule has 68 valence electrons. The highest BCUT2D eigenvalue weighted by Crippen LogP contribution is 2.17. The van der Waals surface area contributed by atoms with Crippen molar-refractivity contribution in [3.63, 3.8) is 0 Å². The zero-order valence-corrected chi connectivity index (χ0v) is 6.67. The van der Waals surface area contributed by atoms with Gasteiger partial charge in [0.05, 0.1) is 6.42 Å². The van der Waals surface area contributed by atoms with Crippen LogP contribution in [0.15, 0.2) is 0 Å². The standard InChI is InChI=1S/C7H14F3N/c1-2-3-5-11-6-4-7(8,9)10/h11H,2-6H2,1H3. The smallest absolute Gasteiger partial charge is 0.316 e. The maximum Gasteiger partial charge on any atom is 0.390 e. The summed E-state index contributed by atoms with van der Waals surface area (Å²) in [6.07, 6.45) is -2.78. The Morgan fingerprint density at radius 3 is 2.27 bits per heavy atom. The Hall–Kier alpha value is -0.250. The van der Waals surface area contributed by atoms with Gasteiger partial charge >= 0.3 is 6.18 Å². The molecule has 0 fully saturated rings. The molecule has 1 N–H and O–H groups in total. The fourth-order valence-corrected chi connectivity index (χ4v) is 0.657. The molecule has 0 amide bonds. The number of alkyl halides is 3. The van der Waals surface area contributed by atoms with Crippen molar-refractivity contribution < 1.29 is 13.2 Å². The quantitative estimate of drug-likeness (QED) is 0.623. The van der Waals surface area contributed by atoms with Crippen molar-refractivity contribution in [1.29, 1.82) is 0 Å². The first-order chi connectivity index (χ1) is 5.06. The molecule has 0 unspecified atom stereocenters. The van der Waals surface area contributed by atoms with E-state index in [4.69, 9.17) is 0 Å². The zero-order chi connectivity index (χ0) is 8.74. The first kappa shape index (κ1) is 10.8. The van der Waals surface area contributed by atoms with E-state index in [1.54, 1.807) is 0 Å². The molecule has 0 saturated heterocycles. The molecule has 0 atom stereocenters. The van der Waals surface area contributed by atoms with Crippen LogP contribution in [-0.2, 0) is 0 Å². The van der Waals surface area contributed by atoms with Crippen LogP contribution in [0, 0.1) is 0 Å². The van der Waals surface area contributed by atoms with Crippen LogP contribution in [0.25, 0.3) is 0 Å². The van der Waals surface area contributed by atoms with Crippen LogP contribution in [0.1, 0.15) is 26.2 Å². The predicted octanol–water partition coefficient (Wildman–Crippen LogP) is 2.33. The Morgan fingerprint density at radius 2 is 1.82 bits per heavy atom. The molecule has 4 heteroatoms. The molecule has 0 aromatic heterocycles. The summed E-state index contributed by atoms with van der Waals surface area (Å²) >= 11 is 0. The third kappa shape index (κ3) is 9.75. The van der Waals surface area contributed by atoms with Gasteiger partial charge in [-0.2, -0.15) is 13.2 Å². The SMILES string of the molecule is CCCCNCCC(F)(F)F. The second-order valence-electron chi connectivity index (χ2n) is 2.47. The fraction of sp³-hybridized carbons (Fsp3) is 1.00. The largest absolute Gasteiger partial charge is 0.390 e. The molecular weight excluding hydrogens is 155 g/mol. The van der Waals surface area contributed by atoms with Gasteiger partial charge in [0.15, 0.2) is 0 Å². The van der Waals surface area contributed by atoms with Gasteiger partial charge in [0.25, 0.3) is 0 Å². The molecule has 0 aliphatic heterocycles. The molecule has 0 heterocycles. The Bertz CT molecular complexity index is 90.2. The lowest BCUT2D eigenvalue weighted by molar-refractivity contribution is -0.133. The van der Waals surface area contributed by atoms with Crippen molar-refractivity contribution in [2.75, 3.05) is 13.1 Å². The minimum Gasteiger partial charge on any atom is -0.316 e. The first-order valence-electron chi connectivity index (χ1n) is 3.83. The van der Waals surface area contributed by atoms with Crippen LogP contribution in [0.5, 0.6) is 0 Å². The van der Waals surface area contributed by atoms with Crippen molar-refractivity contribution in [2.45, 2.75) is 32.4 Å². The lowest BCUT2D eigenvalue weighted by Gasteiger charge is -2.06. The van der Waals surface area contributed by atoms with E-state index in [2.05, 4.69) is 5.32 Å². The van der Waals surface area contributed by atoms with Crippen LogP contribution < -0.4 is 5.32 Å². The molecule has 11 heavy (non-hydrogen) atoms. The Morgan fingerprint density at radius 1 is 1.18 bits per heavy atom. The lowest BCUT2D eigenvalue weighted by Crippen LogP contribution is -2.22. The molecule has 0 rings (SSSR count). The molecule has 0 aliphatic rings. The third-order valence-corrected chi connectivity index (χ3v) is 1.29. The second-order valence-corrected chi connectivity index (χ2v) is 2.47. The average molecular weight is 169 g/mol. The number of nitrogens with one attached hydrogen (secondary N) is 1. The summed E-state index contributed by atoms with van der Waals surface area (Å²) in [6, 6.07) is 0. The van der Waals surface area contributed by atoms with Gasteiger partial charge in [-0.05, 0) is 13.0 Å². The third-order valence-electron chi connectivity index (χ3n) is 1.29. The van der Waals surface area contributed by atoms with E-state index in [9.17, 15) is 13.2 Å². The van der Waals surface area contributed by atoms with Crippen molar-refractivity contribution in [2.24, 2.45) is 0 Å². The monoisotopic (exact) mass is 169 g/mol. The van der Waals surface area contributed by atoms with Gasteiger partial charge in [-0.25, -0.2) is 0 Å². The van der Waals surface area contributed by atoms with E-state index in [0.29, 0.717) is 6.54 Å².